The predicted molar refractivity (Wildman–Crippen MR) is 38.3 cm³/mol. The average Bonchev–Trinajstić information content (AvgIpc) is 1.98. The first-order valence-electron chi connectivity index (χ1n) is 3.37. The van der Waals surface area contributed by atoms with E-state index in [0.717, 1.165) is 13.0 Å². The third-order valence-corrected chi connectivity index (χ3v) is 0.929. The summed E-state index contributed by atoms with van der Waals surface area (Å²) in [4.78, 5) is 10.4. The van der Waals surface area contributed by atoms with E-state index in [4.69, 9.17) is 5.73 Å². The molecule has 0 spiro atoms. The number of ether oxygens (including phenoxy) is 1. The number of carbonyl (C=O) groups is 1. The van der Waals surface area contributed by atoms with Crippen LogP contribution in [-0.2, 0) is 9.53 Å². The summed E-state index contributed by atoms with van der Waals surface area (Å²) in [6.07, 6.45) is 1.03. The summed E-state index contributed by atoms with van der Waals surface area (Å²) >= 11 is 0. The minimum absolute atomic E-state index is 0.0478. The Morgan fingerprint density at radius 2 is 2.40 bits per heavy atom. The number of hydrogen-bond donors (Lipinski definition) is 2. The lowest BCUT2D eigenvalue weighted by Gasteiger charge is -2.02. The molecule has 4 nitrogen and oxygen atoms in total. The van der Waals surface area contributed by atoms with Crippen molar-refractivity contribution in [2.75, 3.05) is 19.8 Å². The molecule has 0 radical (unpaired) electrons. The fraction of sp³-hybridized carbons (Fsp3) is 0.833. The van der Waals surface area contributed by atoms with Crippen LogP contribution in [0.4, 0.5) is 0 Å². The topological polar surface area (TPSA) is 64.3 Å². The van der Waals surface area contributed by atoms with Gasteiger partial charge in [0.05, 0.1) is 6.54 Å². The molecule has 3 N–H and O–H groups in total. The zero-order valence-corrected chi connectivity index (χ0v) is 6.22. The molecule has 0 rings (SSSR count). The zero-order chi connectivity index (χ0) is 7.82. The molecule has 0 aliphatic heterocycles. The van der Waals surface area contributed by atoms with Gasteiger partial charge in [-0.2, -0.15) is 0 Å². The maximum atomic E-state index is 10.4. The number of rotatable bonds is 5. The van der Waals surface area contributed by atoms with Crippen LogP contribution >= 0.6 is 0 Å². The van der Waals surface area contributed by atoms with E-state index in [1.54, 1.807) is 0 Å². The normalized spacial score (nSPS) is 9.40. The van der Waals surface area contributed by atoms with Crippen molar-refractivity contribution in [1.82, 2.24) is 5.32 Å². The van der Waals surface area contributed by atoms with E-state index in [1.807, 2.05) is 6.92 Å². The second kappa shape index (κ2) is 6.51. The van der Waals surface area contributed by atoms with Gasteiger partial charge in [-0.15, -0.1) is 0 Å². The Balaban J connectivity index is 2.96. The summed E-state index contributed by atoms with van der Waals surface area (Å²) in [6.45, 7) is 3.12. The van der Waals surface area contributed by atoms with Crippen molar-refractivity contribution in [2.24, 2.45) is 5.73 Å². The molecule has 0 saturated carbocycles. The van der Waals surface area contributed by atoms with Gasteiger partial charge in [-0.1, -0.05) is 6.92 Å². The minimum atomic E-state index is -0.372. The molecule has 0 heterocycles. The van der Waals surface area contributed by atoms with Gasteiger partial charge in [0.25, 0.3) is 0 Å². The van der Waals surface area contributed by atoms with Gasteiger partial charge in [-0.05, 0) is 13.0 Å². The smallest absolute Gasteiger partial charge is 0.321 e. The van der Waals surface area contributed by atoms with Crippen molar-refractivity contribution in [1.29, 1.82) is 0 Å². The van der Waals surface area contributed by atoms with Gasteiger partial charge < -0.3 is 10.5 Å². The van der Waals surface area contributed by atoms with Crippen molar-refractivity contribution < 1.29 is 9.53 Å². The lowest BCUT2D eigenvalue weighted by atomic mass is 10.5. The molecule has 0 atom stereocenters. The highest BCUT2D eigenvalue weighted by Gasteiger charge is 1.94. The number of nitrogens with two attached hydrogens (primary N) is 1. The number of carbonyl (C=O) groups excluding carboxylic acids is 1. The van der Waals surface area contributed by atoms with E-state index in [-0.39, 0.29) is 19.2 Å². The van der Waals surface area contributed by atoms with E-state index in [0.29, 0.717) is 0 Å². The Morgan fingerprint density at radius 3 is 2.90 bits per heavy atom. The van der Waals surface area contributed by atoms with E-state index in [9.17, 15) is 4.79 Å². The second-order valence-electron chi connectivity index (χ2n) is 1.86. The molecule has 0 amide bonds. The van der Waals surface area contributed by atoms with Crippen molar-refractivity contribution in [2.45, 2.75) is 13.3 Å². The third kappa shape index (κ3) is 5.53. The molecule has 10 heavy (non-hydrogen) atoms. The first-order chi connectivity index (χ1) is 4.81. The van der Waals surface area contributed by atoms with Crippen LogP contribution in [0.2, 0.25) is 0 Å². The highest BCUT2D eigenvalue weighted by Crippen LogP contribution is 1.73. The molecular formula is C6H14N2O2. The van der Waals surface area contributed by atoms with Crippen LogP contribution in [0.5, 0.6) is 0 Å². The predicted octanol–water partition coefficient (Wildman–Crippen LogP) is -0.555. The Morgan fingerprint density at radius 1 is 1.70 bits per heavy atom. The molecule has 60 valence electrons. The first-order valence-corrected chi connectivity index (χ1v) is 3.37. The first kappa shape index (κ1) is 9.39. The van der Waals surface area contributed by atoms with Gasteiger partial charge >= 0.3 is 5.97 Å². The van der Waals surface area contributed by atoms with Crippen LogP contribution in [0.25, 0.3) is 0 Å². The number of hydrogen-bond acceptors (Lipinski definition) is 4. The van der Waals surface area contributed by atoms with Crippen molar-refractivity contribution in [3.05, 3.63) is 0 Å². The van der Waals surface area contributed by atoms with Gasteiger partial charge in [0.2, 0.25) is 0 Å². The minimum Gasteiger partial charge on any atom is -0.449 e. The number of esters is 1. The Labute approximate surface area is 60.7 Å². The maximum Gasteiger partial charge on any atom is 0.321 e. The quantitative estimate of drug-likeness (QED) is 0.310. The standard InChI is InChI=1S/C6H14N2O2/c1-2-3-8-5-10-6(9)4-7/h8H,2-5,7H2,1H3. The summed E-state index contributed by atoms with van der Waals surface area (Å²) < 4.78 is 4.62. The van der Waals surface area contributed by atoms with Gasteiger partial charge in [0, 0.05) is 0 Å². The van der Waals surface area contributed by atoms with Crippen LogP contribution in [-0.4, -0.2) is 25.8 Å². The number of nitrogens with one attached hydrogen (secondary N) is 1. The molecule has 0 unspecified atom stereocenters. The highest BCUT2D eigenvalue weighted by molar-refractivity contribution is 5.71. The molecule has 0 bridgehead atoms. The van der Waals surface area contributed by atoms with Crippen LogP contribution in [0.1, 0.15) is 13.3 Å². The Bertz CT molecular complexity index is 95.7. The van der Waals surface area contributed by atoms with E-state index >= 15 is 0 Å². The summed E-state index contributed by atoms with van der Waals surface area (Å²) in [5, 5.41) is 2.90. The van der Waals surface area contributed by atoms with Crippen LogP contribution in [0.15, 0.2) is 0 Å². The summed E-state index contributed by atoms with van der Waals surface area (Å²) in [7, 11) is 0. The Kier molecular flexibility index (Phi) is 6.11. The molecule has 0 aromatic heterocycles. The summed E-state index contributed by atoms with van der Waals surface area (Å²) in [5.74, 6) is -0.372. The SMILES string of the molecule is CCCNCOC(=O)CN. The maximum absolute atomic E-state index is 10.4. The van der Waals surface area contributed by atoms with Crippen molar-refractivity contribution in [3.8, 4) is 0 Å². The third-order valence-electron chi connectivity index (χ3n) is 0.929. The molecule has 0 aliphatic rings. The van der Waals surface area contributed by atoms with E-state index in [1.165, 1.54) is 0 Å². The fourth-order valence-corrected chi connectivity index (χ4v) is 0.439. The zero-order valence-electron chi connectivity index (χ0n) is 6.22. The lowest BCUT2D eigenvalue weighted by Crippen LogP contribution is -2.25. The van der Waals surface area contributed by atoms with Crippen LogP contribution in [0, 0.1) is 0 Å². The van der Waals surface area contributed by atoms with Gasteiger partial charge in [-0.25, -0.2) is 0 Å². The molecule has 0 fully saturated rings. The van der Waals surface area contributed by atoms with Crippen molar-refractivity contribution in [3.63, 3.8) is 0 Å². The second-order valence-corrected chi connectivity index (χ2v) is 1.86. The molecule has 0 saturated heterocycles. The average molecular weight is 146 g/mol. The van der Waals surface area contributed by atoms with E-state index in [2.05, 4.69) is 10.1 Å². The largest absolute Gasteiger partial charge is 0.449 e. The van der Waals surface area contributed by atoms with Gasteiger partial charge in [0.15, 0.2) is 0 Å². The molecular weight excluding hydrogens is 132 g/mol. The molecule has 0 aliphatic carbocycles. The Hall–Kier alpha value is -0.610. The highest BCUT2D eigenvalue weighted by atomic mass is 16.5. The molecule has 4 heteroatoms. The summed E-state index contributed by atoms with van der Waals surface area (Å²) in [6, 6.07) is 0. The van der Waals surface area contributed by atoms with Crippen LogP contribution < -0.4 is 11.1 Å². The van der Waals surface area contributed by atoms with Crippen molar-refractivity contribution >= 4 is 5.97 Å². The molecule has 0 aromatic carbocycles. The lowest BCUT2D eigenvalue weighted by molar-refractivity contribution is -0.142. The van der Waals surface area contributed by atoms with Crippen LogP contribution in [0.3, 0.4) is 0 Å². The van der Waals surface area contributed by atoms with E-state index < -0.39 is 0 Å². The molecule has 0 aromatic rings. The van der Waals surface area contributed by atoms with Gasteiger partial charge in [-0.3, -0.25) is 10.1 Å². The summed E-state index contributed by atoms with van der Waals surface area (Å²) in [5.41, 5.74) is 4.98. The fourth-order valence-electron chi connectivity index (χ4n) is 0.439. The monoisotopic (exact) mass is 146 g/mol. The van der Waals surface area contributed by atoms with Gasteiger partial charge in [0.1, 0.15) is 6.73 Å².